The second-order valence-corrected chi connectivity index (χ2v) is 9.05. The lowest BCUT2D eigenvalue weighted by atomic mass is 10.0. The smallest absolute Gasteiger partial charge is 0.0992 e. The molecule has 2 unspecified atom stereocenters. The van der Waals surface area contributed by atoms with Crippen LogP contribution >= 0.6 is 0 Å². The molecule has 1 aliphatic rings. The summed E-state index contributed by atoms with van der Waals surface area (Å²) in [5.74, 6) is 0. The summed E-state index contributed by atoms with van der Waals surface area (Å²) >= 11 is 0. The molecule has 0 bridgehead atoms. The van der Waals surface area contributed by atoms with Crippen LogP contribution in [0.3, 0.4) is 0 Å². The topological polar surface area (TPSA) is 67.0 Å². The van der Waals surface area contributed by atoms with Crippen LogP contribution in [-0.4, -0.2) is 54.2 Å². The van der Waals surface area contributed by atoms with E-state index in [1.54, 1.807) is 0 Å². The van der Waals surface area contributed by atoms with Crippen LogP contribution in [-0.2, 0) is 0 Å². The van der Waals surface area contributed by atoms with Crippen LogP contribution in [0.25, 0.3) is 0 Å². The lowest BCUT2D eigenvalue weighted by Gasteiger charge is -2.35. The molecule has 1 N–H and O–H groups in total. The van der Waals surface area contributed by atoms with Gasteiger partial charge in [-0.15, -0.1) is 0 Å². The molecule has 0 aromatic heterocycles. The van der Waals surface area contributed by atoms with Crippen molar-refractivity contribution in [3.63, 3.8) is 0 Å². The molecule has 0 aliphatic heterocycles. The molecule has 0 amide bonds. The molecule has 0 radical (unpaired) electrons. The van der Waals surface area contributed by atoms with Crippen molar-refractivity contribution in [2.24, 2.45) is 10.3 Å². The summed E-state index contributed by atoms with van der Waals surface area (Å²) in [6.45, 7) is 12.8. The number of likely N-dealkylation sites (N-methyl/N-ethyl adjacent to an activating group) is 1. The maximum Gasteiger partial charge on any atom is 0.0992 e. The zero-order chi connectivity index (χ0) is 23.5. The van der Waals surface area contributed by atoms with E-state index in [4.69, 9.17) is 5.26 Å². The van der Waals surface area contributed by atoms with E-state index in [0.29, 0.717) is 17.6 Å². The standard InChI is InChI=1S/C26H42N6/c1-7-20(3)26(28-24-13-11-12-23(18-24)19-27)16-17-31(6)30-29-21(4)22(5)32(8-2)25-14-9-10-15-25/h7,11-13,18,21-22,25-26,28H,8-10,14-17H2,1-6H3/b20-7+,30-29-/t21-,22?,26?/m0/s1. The predicted molar refractivity (Wildman–Crippen MR) is 134 cm³/mol. The Morgan fingerprint density at radius 2 is 2.03 bits per heavy atom. The number of anilines is 1. The lowest BCUT2D eigenvalue weighted by molar-refractivity contribution is 0.134. The second kappa shape index (κ2) is 13.2. The van der Waals surface area contributed by atoms with Gasteiger partial charge in [0, 0.05) is 37.4 Å². The largest absolute Gasteiger partial charge is 0.378 e. The van der Waals surface area contributed by atoms with Crippen molar-refractivity contribution in [1.82, 2.24) is 9.91 Å². The Morgan fingerprint density at radius 1 is 1.31 bits per heavy atom. The molecule has 1 saturated carbocycles. The number of allylic oxidation sites excluding steroid dienone is 1. The molecule has 0 saturated heterocycles. The molecule has 176 valence electrons. The van der Waals surface area contributed by atoms with E-state index < -0.39 is 0 Å². The van der Waals surface area contributed by atoms with E-state index in [1.807, 2.05) is 36.3 Å². The van der Waals surface area contributed by atoms with Crippen molar-refractivity contribution in [3.05, 3.63) is 41.5 Å². The third-order valence-electron chi connectivity index (χ3n) is 6.85. The maximum atomic E-state index is 9.16. The predicted octanol–water partition coefficient (Wildman–Crippen LogP) is 6.04. The van der Waals surface area contributed by atoms with E-state index in [0.717, 1.165) is 25.2 Å². The normalized spacial score (nSPS) is 18.0. The summed E-state index contributed by atoms with van der Waals surface area (Å²) in [6, 6.07) is 11.3. The molecule has 0 spiro atoms. The van der Waals surface area contributed by atoms with E-state index in [2.05, 4.69) is 67.3 Å². The summed E-state index contributed by atoms with van der Waals surface area (Å²) in [6.07, 6.45) is 8.38. The number of nitrogens with one attached hydrogen (secondary N) is 1. The zero-order valence-electron chi connectivity index (χ0n) is 20.9. The van der Waals surface area contributed by atoms with Gasteiger partial charge in [-0.05, 0) is 71.7 Å². The lowest BCUT2D eigenvalue weighted by Crippen LogP contribution is -2.45. The Morgan fingerprint density at radius 3 is 2.66 bits per heavy atom. The van der Waals surface area contributed by atoms with Gasteiger partial charge in [0.2, 0.25) is 0 Å². The first-order valence-corrected chi connectivity index (χ1v) is 12.2. The van der Waals surface area contributed by atoms with Crippen LogP contribution in [0, 0.1) is 11.3 Å². The average Bonchev–Trinajstić information content (AvgIpc) is 3.34. The number of nitriles is 1. The van der Waals surface area contributed by atoms with Crippen LogP contribution in [0.2, 0.25) is 0 Å². The van der Waals surface area contributed by atoms with E-state index in [1.165, 1.54) is 31.3 Å². The molecule has 2 rings (SSSR count). The van der Waals surface area contributed by atoms with Gasteiger partial charge in [-0.2, -0.15) is 10.4 Å². The molecule has 6 nitrogen and oxygen atoms in total. The van der Waals surface area contributed by atoms with Gasteiger partial charge in [0.1, 0.15) is 0 Å². The Kier molecular flexibility index (Phi) is 10.7. The summed E-state index contributed by atoms with van der Waals surface area (Å²) in [7, 11) is 1.99. The highest BCUT2D eigenvalue weighted by molar-refractivity contribution is 5.50. The molecular formula is C26H42N6. The zero-order valence-corrected chi connectivity index (χ0v) is 20.9. The van der Waals surface area contributed by atoms with Crippen molar-refractivity contribution in [3.8, 4) is 6.07 Å². The SMILES string of the molecule is C/C=C(\C)C(CCN(C)/N=N\[C@@H](C)C(C)N(CC)C1CCCC1)Nc1cccc(C#N)c1. The van der Waals surface area contributed by atoms with Crippen molar-refractivity contribution >= 4 is 5.69 Å². The highest BCUT2D eigenvalue weighted by atomic mass is 15.5. The summed E-state index contributed by atoms with van der Waals surface area (Å²) in [5, 5.41) is 23.8. The fourth-order valence-electron chi connectivity index (χ4n) is 4.51. The van der Waals surface area contributed by atoms with Crippen LogP contribution in [0.5, 0.6) is 0 Å². The number of hydrogen-bond donors (Lipinski definition) is 1. The van der Waals surface area contributed by atoms with Gasteiger partial charge in [0.05, 0.1) is 17.7 Å². The van der Waals surface area contributed by atoms with E-state index in [-0.39, 0.29) is 12.1 Å². The molecule has 0 heterocycles. The minimum Gasteiger partial charge on any atom is -0.378 e. The van der Waals surface area contributed by atoms with Crippen LogP contribution in [0.1, 0.15) is 72.3 Å². The van der Waals surface area contributed by atoms with Gasteiger partial charge >= 0.3 is 0 Å². The fraction of sp³-hybridized carbons (Fsp3) is 0.654. The van der Waals surface area contributed by atoms with Gasteiger partial charge < -0.3 is 5.32 Å². The summed E-state index contributed by atoms with van der Waals surface area (Å²) in [5.41, 5.74) is 2.91. The molecule has 1 fully saturated rings. The van der Waals surface area contributed by atoms with Crippen molar-refractivity contribution < 1.29 is 0 Å². The van der Waals surface area contributed by atoms with Crippen molar-refractivity contribution in [2.45, 2.75) is 90.9 Å². The molecule has 1 aromatic carbocycles. The number of nitrogens with zero attached hydrogens (tertiary/aromatic N) is 5. The van der Waals surface area contributed by atoms with Crippen LogP contribution < -0.4 is 5.32 Å². The van der Waals surface area contributed by atoms with Crippen LogP contribution in [0.4, 0.5) is 5.69 Å². The van der Waals surface area contributed by atoms with E-state index in [9.17, 15) is 0 Å². The van der Waals surface area contributed by atoms with Gasteiger partial charge in [-0.3, -0.25) is 9.91 Å². The number of rotatable bonds is 12. The number of hydrogen-bond acceptors (Lipinski definition) is 5. The first kappa shape index (κ1) is 25.9. The average molecular weight is 439 g/mol. The monoisotopic (exact) mass is 438 g/mol. The first-order valence-electron chi connectivity index (χ1n) is 12.2. The summed E-state index contributed by atoms with van der Waals surface area (Å²) in [4.78, 5) is 2.61. The van der Waals surface area contributed by atoms with Gasteiger partial charge in [-0.25, -0.2) is 0 Å². The fourth-order valence-corrected chi connectivity index (χ4v) is 4.51. The molecule has 3 atom stereocenters. The Labute approximate surface area is 195 Å². The Balaban J connectivity index is 1.91. The number of benzene rings is 1. The summed E-state index contributed by atoms with van der Waals surface area (Å²) < 4.78 is 0. The maximum absolute atomic E-state index is 9.16. The molecule has 1 aliphatic carbocycles. The first-order chi connectivity index (χ1) is 15.4. The molecule has 6 heteroatoms. The van der Waals surface area contributed by atoms with Gasteiger partial charge in [0.15, 0.2) is 0 Å². The Hall–Kier alpha value is -2.39. The molecule has 1 aromatic rings. The van der Waals surface area contributed by atoms with E-state index >= 15 is 0 Å². The Bertz CT molecular complexity index is 790. The quantitative estimate of drug-likeness (QED) is 0.246. The molecular weight excluding hydrogens is 396 g/mol. The van der Waals surface area contributed by atoms with Crippen molar-refractivity contribution in [2.75, 3.05) is 25.5 Å². The van der Waals surface area contributed by atoms with Gasteiger partial charge in [0.25, 0.3) is 0 Å². The highest BCUT2D eigenvalue weighted by Crippen LogP contribution is 2.26. The molecule has 32 heavy (non-hydrogen) atoms. The minimum atomic E-state index is 0.165. The van der Waals surface area contributed by atoms with Crippen LogP contribution in [0.15, 0.2) is 46.3 Å². The highest BCUT2D eigenvalue weighted by Gasteiger charge is 2.28. The third kappa shape index (κ3) is 7.63. The van der Waals surface area contributed by atoms with Gasteiger partial charge in [-0.1, -0.05) is 42.7 Å². The third-order valence-corrected chi connectivity index (χ3v) is 6.85. The second-order valence-electron chi connectivity index (χ2n) is 9.05. The van der Waals surface area contributed by atoms with Crippen molar-refractivity contribution in [1.29, 1.82) is 5.26 Å². The minimum absolute atomic E-state index is 0.165.